The van der Waals surface area contributed by atoms with Crippen molar-refractivity contribution in [3.63, 3.8) is 0 Å². The summed E-state index contributed by atoms with van der Waals surface area (Å²) in [6.07, 6.45) is 6.41. The van der Waals surface area contributed by atoms with Crippen molar-refractivity contribution in [1.29, 1.82) is 0 Å². The van der Waals surface area contributed by atoms with E-state index in [1.807, 2.05) is 0 Å². The number of aromatic carboxylic acids is 1. The van der Waals surface area contributed by atoms with Crippen LogP contribution in [-0.4, -0.2) is 28.1 Å². The molecule has 1 saturated carbocycles. The normalized spacial score (nSPS) is 19.4. The Bertz CT molecular complexity index is 644. The van der Waals surface area contributed by atoms with Crippen LogP contribution in [-0.2, 0) is 4.79 Å². The van der Waals surface area contributed by atoms with Crippen LogP contribution in [0.3, 0.4) is 0 Å². The Kier molecular flexibility index (Phi) is 3.53. The van der Waals surface area contributed by atoms with E-state index in [9.17, 15) is 19.5 Å². The molecule has 3 rings (SSSR count). The van der Waals surface area contributed by atoms with Gasteiger partial charge < -0.3 is 14.6 Å². The van der Waals surface area contributed by atoms with E-state index >= 15 is 0 Å². The highest BCUT2D eigenvalue weighted by atomic mass is 16.4. The van der Waals surface area contributed by atoms with Gasteiger partial charge in [-0.25, -0.2) is 4.79 Å². The summed E-state index contributed by atoms with van der Waals surface area (Å²) in [4.78, 5) is 37.3. The molecule has 112 valence electrons. The van der Waals surface area contributed by atoms with Crippen molar-refractivity contribution in [1.82, 2.24) is 4.57 Å². The predicted molar refractivity (Wildman–Crippen MR) is 76.8 cm³/mol. The first-order valence-corrected chi connectivity index (χ1v) is 7.38. The monoisotopic (exact) mass is 290 g/mol. The van der Waals surface area contributed by atoms with Crippen molar-refractivity contribution in [3.8, 4) is 0 Å². The fourth-order valence-electron chi connectivity index (χ4n) is 3.25. The van der Waals surface area contributed by atoms with Gasteiger partial charge in [0.1, 0.15) is 5.69 Å². The molecule has 2 aliphatic rings. The topological polar surface area (TPSA) is 79.6 Å². The number of carbonyl (C=O) groups excluding carboxylic acids is 1. The van der Waals surface area contributed by atoms with Crippen molar-refractivity contribution in [2.75, 3.05) is 11.4 Å². The van der Waals surface area contributed by atoms with Gasteiger partial charge in [0.05, 0.1) is 5.56 Å². The zero-order valence-electron chi connectivity index (χ0n) is 11.7. The Hall–Kier alpha value is -2.11. The number of anilines is 1. The van der Waals surface area contributed by atoms with E-state index in [2.05, 4.69) is 0 Å². The molecule has 0 atom stereocenters. The maximum atomic E-state index is 12.6. The SMILES string of the molecule is O=C(O)c1cc(N2CCCC2=O)c(=O)n(C2CCCC2)c1. The first-order valence-electron chi connectivity index (χ1n) is 7.38. The molecule has 2 fully saturated rings. The third-order valence-electron chi connectivity index (χ3n) is 4.35. The van der Waals surface area contributed by atoms with Gasteiger partial charge in [0.15, 0.2) is 0 Å². The van der Waals surface area contributed by atoms with Gasteiger partial charge in [-0.3, -0.25) is 9.59 Å². The van der Waals surface area contributed by atoms with Crippen LogP contribution in [0, 0.1) is 0 Å². The van der Waals surface area contributed by atoms with Crippen LogP contribution in [0.25, 0.3) is 0 Å². The summed E-state index contributed by atoms with van der Waals surface area (Å²) in [6, 6.07) is 1.38. The highest BCUT2D eigenvalue weighted by Crippen LogP contribution is 2.29. The van der Waals surface area contributed by atoms with Crippen LogP contribution >= 0.6 is 0 Å². The number of carbonyl (C=O) groups is 2. The molecule has 1 N–H and O–H groups in total. The highest BCUT2D eigenvalue weighted by Gasteiger charge is 2.28. The Morgan fingerprint density at radius 2 is 1.90 bits per heavy atom. The zero-order valence-corrected chi connectivity index (χ0v) is 11.7. The molecular formula is C15H18N2O4. The molecule has 0 radical (unpaired) electrons. The van der Waals surface area contributed by atoms with Crippen LogP contribution in [0.4, 0.5) is 5.69 Å². The molecule has 0 bridgehead atoms. The number of hydrogen-bond donors (Lipinski definition) is 1. The lowest BCUT2D eigenvalue weighted by Crippen LogP contribution is -2.34. The molecule has 1 aliphatic carbocycles. The van der Waals surface area contributed by atoms with E-state index in [4.69, 9.17) is 0 Å². The van der Waals surface area contributed by atoms with Gasteiger partial charge in [-0.2, -0.15) is 0 Å². The maximum absolute atomic E-state index is 12.6. The van der Waals surface area contributed by atoms with E-state index in [0.717, 1.165) is 25.7 Å². The molecule has 0 aromatic carbocycles. The minimum absolute atomic E-state index is 0.0493. The fourth-order valence-corrected chi connectivity index (χ4v) is 3.25. The second-order valence-electron chi connectivity index (χ2n) is 5.72. The number of carboxylic acids is 1. The number of pyridine rings is 1. The van der Waals surface area contributed by atoms with Gasteiger partial charge in [0.2, 0.25) is 5.91 Å². The quantitative estimate of drug-likeness (QED) is 0.920. The van der Waals surface area contributed by atoms with E-state index < -0.39 is 5.97 Å². The molecule has 1 amide bonds. The molecule has 0 unspecified atom stereocenters. The number of carboxylic acid groups (broad SMARTS) is 1. The maximum Gasteiger partial charge on any atom is 0.337 e. The number of aromatic nitrogens is 1. The predicted octanol–water partition coefficient (Wildman–Crippen LogP) is 1.79. The molecule has 6 heteroatoms. The molecule has 0 spiro atoms. The van der Waals surface area contributed by atoms with Crippen LogP contribution in [0.15, 0.2) is 17.1 Å². The lowest BCUT2D eigenvalue weighted by Gasteiger charge is -2.20. The van der Waals surface area contributed by atoms with Crippen LogP contribution in [0.1, 0.15) is 54.9 Å². The summed E-state index contributed by atoms with van der Waals surface area (Å²) in [6.45, 7) is 0.488. The molecule has 1 aromatic heterocycles. The summed E-state index contributed by atoms with van der Waals surface area (Å²) in [7, 11) is 0. The zero-order chi connectivity index (χ0) is 15.0. The highest BCUT2D eigenvalue weighted by molar-refractivity contribution is 5.96. The van der Waals surface area contributed by atoms with Crippen molar-refractivity contribution >= 4 is 17.6 Å². The number of amides is 1. The van der Waals surface area contributed by atoms with Crippen LogP contribution < -0.4 is 10.5 Å². The lowest BCUT2D eigenvalue weighted by molar-refractivity contribution is -0.117. The Morgan fingerprint density at radius 1 is 1.19 bits per heavy atom. The van der Waals surface area contributed by atoms with Gasteiger partial charge in [0, 0.05) is 25.2 Å². The van der Waals surface area contributed by atoms with E-state index in [0.29, 0.717) is 19.4 Å². The second kappa shape index (κ2) is 5.35. The summed E-state index contributed by atoms with van der Waals surface area (Å²) in [5, 5.41) is 9.26. The molecule has 1 aromatic rings. The van der Waals surface area contributed by atoms with Crippen molar-refractivity contribution in [2.24, 2.45) is 0 Å². The third-order valence-corrected chi connectivity index (χ3v) is 4.35. The molecule has 2 heterocycles. The fraction of sp³-hybridized carbons (Fsp3) is 0.533. The number of nitrogens with zero attached hydrogens (tertiary/aromatic N) is 2. The molecule has 21 heavy (non-hydrogen) atoms. The van der Waals surface area contributed by atoms with E-state index in [1.54, 1.807) is 0 Å². The van der Waals surface area contributed by atoms with Crippen LogP contribution in [0.2, 0.25) is 0 Å². The largest absolute Gasteiger partial charge is 0.478 e. The minimum Gasteiger partial charge on any atom is -0.478 e. The smallest absolute Gasteiger partial charge is 0.337 e. The number of hydrogen-bond acceptors (Lipinski definition) is 3. The van der Waals surface area contributed by atoms with Gasteiger partial charge in [0.25, 0.3) is 5.56 Å². The number of rotatable bonds is 3. The van der Waals surface area contributed by atoms with Gasteiger partial charge in [-0.05, 0) is 25.3 Å². The Morgan fingerprint density at radius 3 is 2.48 bits per heavy atom. The molecular weight excluding hydrogens is 272 g/mol. The summed E-state index contributed by atoms with van der Waals surface area (Å²) in [5.74, 6) is -1.18. The lowest BCUT2D eigenvalue weighted by atomic mass is 10.2. The van der Waals surface area contributed by atoms with Crippen molar-refractivity contribution in [2.45, 2.75) is 44.6 Å². The Labute approximate surface area is 122 Å². The van der Waals surface area contributed by atoms with E-state index in [1.165, 1.54) is 21.7 Å². The van der Waals surface area contributed by atoms with Crippen molar-refractivity contribution in [3.05, 3.63) is 28.2 Å². The molecule has 1 aliphatic heterocycles. The molecule has 1 saturated heterocycles. The summed E-state index contributed by atoms with van der Waals surface area (Å²) in [5.41, 5.74) is 0.0302. The minimum atomic E-state index is -1.07. The first kappa shape index (κ1) is 13.9. The Balaban J connectivity index is 2.11. The second-order valence-corrected chi connectivity index (χ2v) is 5.72. The van der Waals surface area contributed by atoms with Crippen LogP contribution in [0.5, 0.6) is 0 Å². The van der Waals surface area contributed by atoms with Gasteiger partial charge >= 0.3 is 5.97 Å². The summed E-state index contributed by atoms with van der Waals surface area (Å²) < 4.78 is 1.53. The standard InChI is InChI=1S/C15H18N2O4/c18-13-6-3-7-16(13)12-8-10(15(20)21)9-17(14(12)19)11-4-1-2-5-11/h8-9,11H,1-7H2,(H,20,21). The average molecular weight is 290 g/mol. The first-order chi connectivity index (χ1) is 10.1. The third kappa shape index (κ3) is 2.46. The van der Waals surface area contributed by atoms with Crippen molar-refractivity contribution < 1.29 is 14.7 Å². The molecule has 6 nitrogen and oxygen atoms in total. The van der Waals surface area contributed by atoms with Gasteiger partial charge in [-0.15, -0.1) is 0 Å². The summed E-state index contributed by atoms with van der Waals surface area (Å²) >= 11 is 0. The average Bonchev–Trinajstić information content (AvgIpc) is 3.10. The van der Waals surface area contributed by atoms with Gasteiger partial charge in [-0.1, -0.05) is 12.8 Å². The van der Waals surface area contributed by atoms with E-state index in [-0.39, 0.29) is 28.8 Å².